The predicted molar refractivity (Wildman–Crippen MR) is 86.5 cm³/mol. The molecule has 1 atom stereocenters. The van der Waals surface area contributed by atoms with Gasteiger partial charge in [-0.3, -0.25) is 9.59 Å². The third kappa shape index (κ3) is 4.34. The number of aromatic nitrogens is 1. The van der Waals surface area contributed by atoms with Crippen molar-refractivity contribution in [2.24, 2.45) is 0 Å². The molecule has 0 saturated carbocycles. The molecule has 1 heterocycles. The van der Waals surface area contributed by atoms with E-state index in [0.717, 1.165) is 0 Å². The molecule has 0 radical (unpaired) electrons. The summed E-state index contributed by atoms with van der Waals surface area (Å²) >= 11 is 11.7. The Morgan fingerprint density at radius 2 is 1.91 bits per heavy atom. The highest BCUT2D eigenvalue weighted by Crippen LogP contribution is 2.25. The summed E-state index contributed by atoms with van der Waals surface area (Å²) in [5.74, 6) is -0.393. The molecule has 0 aliphatic heterocycles. The summed E-state index contributed by atoms with van der Waals surface area (Å²) in [5, 5.41) is 13.5. The average molecular weight is 341 g/mol. The van der Waals surface area contributed by atoms with Gasteiger partial charge in [-0.25, -0.2) is 0 Å². The average Bonchev–Trinajstić information content (AvgIpc) is 2.41. The number of hydrogen-bond donors (Lipinski definition) is 3. The van der Waals surface area contributed by atoms with Gasteiger partial charge in [0.1, 0.15) is 0 Å². The van der Waals surface area contributed by atoms with Gasteiger partial charge in [0.2, 0.25) is 5.91 Å². The number of aliphatic hydroxyl groups excluding tert-OH is 1. The Hall–Kier alpha value is -1.82. The van der Waals surface area contributed by atoms with Gasteiger partial charge in [-0.2, -0.15) is 0 Å². The van der Waals surface area contributed by atoms with Crippen molar-refractivity contribution in [2.45, 2.75) is 19.4 Å². The maximum atomic E-state index is 11.9. The highest BCUT2D eigenvalue weighted by atomic mass is 35.5. The Balaban J connectivity index is 2.04. The van der Waals surface area contributed by atoms with Crippen molar-refractivity contribution in [1.82, 2.24) is 4.98 Å². The van der Waals surface area contributed by atoms with Gasteiger partial charge in [0.05, 0.1) is 18.2 Å². The normalized spacial score (nSPS) is 12.0. The maximum Gasteiger partial charge on any atom is 0.250 e. The summed E-state index contributed by atoms with van der Waals surface area (Å²) in [6.07, 6.45) is 0.213. The van der Waals surface area contributed by atoms with Crippen LogP contribution < -0.4 is 10.9 Å². The van der Waals surface area contributed by atoms with Gasteiger partial charge in [0, 0.05) is 21.8 Å². The number of aliphatic hydroxyl groups is 1. The molecule has 2 aromatic rings. The molecule has 5 nitrogen and oxygen atoms in total. The summed E-state index contributed by atoms with van der Waals surface area (Å²) < 4.78 is 0. The first kappa shape index (κ1) is 16.5. The molecule has 0 aliphatic rings. The summed E-state index contributed by atoms with van der Waals surface area (Å²) in [4.78, 5) is 25.7. The minimum Gasteiger partial charge on any atom is -0.388 e. The number of carbonyl (C=O) groups is 1. The Bertz CT molecular complexity index is 738. The molecule has 0 saturated heterocycles. The molecule has 116 valence electrons. The number of amides is 1. The SMILES string of the molecule is Cc1cc(NC(=O)CC(O)c2cc(Cl)cc(Cl)c2)c[nH]c1=O. The molecule has 0 fully saturated rings. The topological polar surface area (TPSA) is 82.2 Å². The zero-order valence-corrected chi connectivity index (χ0v) is 13.2. The van der Waals surface area contributed by atoms with Crippen LogP contribution in [0.3, 0.4) is 0 Å². The fraction of sp³-hybridized carbons (Fsp3) is 0.200. The van der Waals surface area contributed by atoms with Crippen molar-refractivity contribution < 1.29 is 9.90 Å². The van der Waals surface area contributed by atoms with Crippen molar-refractivity contribution >= 4 is 34.8 Å². The minimum atomic E-state index is -1.03. The number of aryl methyl sites for hydroxylation is 1. The van der Waals surface area contributed by atoms with Gasteiger partial charge in [-0.1, -0.05) is 23.2 Å². The van der Waals surface area contributed by atoms with Crippen LogP contribution in [0, 0.1) is 6.92 Å². The van der Waals surface area contributed by atoms with Crippen LogP contribution in [0.1, 0.15) is 23.7 Å². The lowest BCUT2D eigenvalue weighted by Gasteiger charge is -2.12. The van der Waals surface area contributed by atoms with Gasteiger partial charge < -0.3 is 15.4 Å². The smallest absolute Gasteiger partial charge is 0.250 e. The minimum absolute atomic E-state index is 0.158. The molecule has 0 aliphatic carbocycles. The number of benzene rings is 1. The third-order valence-corrected chi connectivity index (χ3v) is 3.46. The second-order valence-corrected chi connectivity index (χ2v) is 5.74. The van der Waals surface area contributed by atoms with Crippen molar-refractivity contribution in [3.8, 4) is 0 Å². The van der Waals surface area contributed by atoms with Gasteiger partial charge in [-0.15, -0.1) is 0 Å². The molecule has 1 aromatic carbocycles. The van der Waals surface area contributed by atoms with Crippen LogP contribution in [0.2, 0.25) is 10.0 Å². The monoisotopic (exact) mass is 340 g/mol. The number of anilines is 1. The first-order chi connectivity index (χ1) is 10.3. The zero-order chi connectivity index (χ0) is 16.3. The van der Waals surface area contributed by atoms with E-state index in [1.165, 1.54) is 6.20 Å². The van der Waals surface area contributed by atoms with Crippen molar-refractivity contribution in [3.63, 3.8) is 0 Å². The molecular weight excluding hydrogens is 327 g/mol. The Morgan fingerprint density at radius 3 is 2.50 bits per heavy atom. The van der Waals surface area contributed by atoms with Gasteiger partial charge in [0.25, 0.3) is 5.56 Å². The predicted octanol–water partition coefficient (Wildman–Crippen LogP) is 3.05. The lowest BCUT2D eigenvalue weighted by molar-refractivity contribution is -0.118. The fourth-order valence-corrected chi connectivity index (χ4v) is 2.49. The molecule has 1 unspecified atom stereocenters. The van der Waals surface area contributed by atoms with Crippen LogP contribution in [0.25, 0.3) is 0 Å². The zero-order valence-electron chi connectivity index (χ0n) is 11.7. The summed E-state index contributed by atoms with van der Waals surface area (Å²) in [7, 11) is 0. The Morgan fingerprint density at radius 1 is 1.27 bits per heavy atom. The first-order valence-corrected chi connectivity index (χ1v) is 7.24. The van der Waals surface area contributed by atoms with E-state index in [2.05, 4.69) is 10.3 Å². The lowest BCUT2D eigenvalue weighted by Crippen LogP contribution is -2.17. The van der Waals surface area contributed by atoms with Crippen LogP contribution in [0.5, 0.6) is 0 Å². The summed E-state index contributed by atoms with van der Waals surface area (Å²) in [6, 6.07) is 6.20. The highest BCUT2D eigenvalue weighted by Gasteiger charge is 2.14. The van der Waals surface area contributed by atoms with E-state index in [9.17, 15) is 14.7 Å². The fourth-order valence-electron chi connectivity index (χ4n) is 1.94. The Labute approximate surface area is 136 Å². The molecular formula is C15H14Cl2N2O3. The second-order valence-electron chi connectivity index (χ2n) is 4.87. The van der Waals surface area contributed by atoms with Crippen molar-refractivity contribution in [3.05, 3.63) is 62.0 Å². The number of carbonyl (C=O) groups excluding carboxylic acids is 1. The molecule has 2 rings (SSSR count). The van der Waals surface area contributed by atoms with Crippen LogP contribution in [-0.4, -0.2) is 16.0 Å². The number of hydrogen-bond acceptors (Lipinski definition) is 3. The van der Waals surface area contributed by atoms with E-state index in [4.69, 9.17) is 23.2 Å². The number of H-pyrrole nitrogens is 1. The molecule has 22 heavy (non-hydrogen) atoms. The molecule has 0 bridgehead atoms. The van der Waals surface area contributed by atoms with Crippen molar-refractivity contribution in [2.75, 3.05) is 5.32 Å². The molecule has 0 spiro atoms. The maximum absolute atomic E-state index is 11.9. The van der Waals surface area contributed by atoms with Crippen LogP contribution in [-0.2, 0) is 4.79 Å². The summed E-state index contributed by atoms with van der Waals surface area (Å²) in [6.45, 7) is 1.64. The van der Waals surface area contributed by atoms with E-state index in [1.807, 2.05) is 0 Å². The second kappa shape index (κ2) is 6.96. The van der Waals surface area contributed by atoms with Gasteiger partial charge in [-0.05, 0) is 36.8 Å². The van der Waals surface area contributed by atoms with Crippen LogP contribution in [0.4, 0.5) is 5.69 Å². The first-order valence-electron chi connectivity index (χ1n) is 6.48. The van der Waals surface area contributed by atoms with E-state index in [1.54, 1.807) is 31.2 Å². The molecule has 7 heteroatoms. The van der Waals surface area contributed by atoms with E-state index < -0.39 is 12.0 Å². The number of nitrogens with one attached hydrogen (secondary N) is 2. The Kier molecular flexibility index (Phi) is 5.24. The van der Waals surface area contributed by atoms with Crippen molar-refractivity contribution in [1.29, 1.82) is 0 Å². The quantitative estimate of drug-likeness (QED) is 0.799. The largest absolute Gasteiger partial charge is 0.388 e. The summed E-state index contributed by atoms with van der Waals surface area (Å²) in [5.41, 5.74) is 1.19. The number of aromatic amines is 1. The van der Waals surface area contributed by atoms with Crippen LogP contribution >= 0.6 is 23.2 Å². The van der Waals surface area contributed by atoms with E-state index in [0.29, 0.717) is 26.9 Å². The highest BCUT2D eigenvalue weighted by molar-refractivity contribution is 6.34. The van der Waals surface area contributed by atoms with Gasteiger partial charge in [0.15, 0.2) is 0 Å². The third-order valence-electron chi connectivity index (χ3n) is 3.02. The standard InChI is InChI=1S/C15H14Cl2N2O3/c1-8-2-12(7-18-15(8)22)19-14(21)6-13(20)9-3-10(16)5-11(17)4-9/h2-5,7,13,20H,6H2,1H3,(H,18,22)(H,19,21). The van der Waals surface area contributed by atoms with E-state index in [-0.39, 0.29) is 12.0 Å². The van der Waals surface area contributed by atoms with E-state index >= 15 is 0 Å². The number of halogens is 2. The molecule has 1 aromatic heterocycles. The number of rotatable bonds is 4. The molecule has 3 N–H and O–H groups in total. The number of pyridine rings is 1. The van der Waals surface area contributed by atoms with Gasteiger partial charge >= 0.3 is 0 Å². The molecule has 1 amide bonds. The lowest BCUT2D eigenvalue weighted by atomic mass is 10.1. The van der Waals surface area contributed by atoms with Crippen LogP contribution in [0.15, 0.2) is 35.3 Å².